The van der Waals surface area contributed by atoms with Gasteiger partial charge in [0.25, 0.3) is 29.5 Å². The number of carbonyl (C=O) groups is 5. The maximum atomic E-state index is 12.9. The molecule has 0 spiro atoms. The van der Waals surface area contributed by atoms with Gasteiger partial charge in [0.05, 0.1) is 168 Å². The Hall–Kier alpha value is -17.5. The van der Waals surface area contributed by atoms with Gasteiger partial charge in [0.2, 0.25) is 0 Å². The molecule has 19 aromatic rings. The molecule has 43 heteroatoms. The lowest BCUT2D eigenvalue weighted by molar-refractivity contribution is 0.101. The first-order valence-electron chi connectivity index (χ1n) is 48.3. The number of hydrogen-bond donors (Lipinski definition) is 11. The normalized spacial score (nSPS) is 14.6. The van der Waals surface area contributed by atoms with Gasteiger partial charge in [-0.2, -0.15) is 25.5 Å². The summed E-state index contributed by atoms with van der Waals surface area (Å²) in [6, 6.07) is 51.8. The van der Waals surface area contributed by atoms with Crippen LogP contribution in [0.25, 0.3) is 70.7 Å². The number of pyridine rings is 5. The van der Waals surface area contributed by atoms with Crippen molar-refractivity contribution in [1.82, 2.24) is 115 Å². The Labute approximate surface area is 850 Å². The van der Waals surface area contributed by atoms with E-state index in [4.69, 9.17) is 9.15 Å². The molecule has 6 aliphatic rings. The second-order valence-corrected chi connectivity index (χ2v) is 36.8. The summed E-state index contributed by atoms with van der Waals surface area (Å²) in [5, 5.41) is 58.0. The number of likely N-dealkylation sites (N-methyl/N-ethyl adjacent to an activating group) is 1. The fourth-order valence-corrected chi connectivity index (χ4v) is 19.4. The number of hydrogen-bond acceptors (Lipinski definition) is 32. The highest BCUT2D eigenvalue weighted by molar-refractivity contribution is 7.17. The Morgan fingerprint density at radius 1 is 0.333 bits per heavy atom. The standard InChI is InChI=1S/C22H25N7O2.C21H20N6O2.C21H20N6OS.C20H20N8O.C20H19N7OS/c1-27-12-13-31-21-14-16(2-3-20(21)27)29-9-5-17(26-29)22(30)25-18-15-24-6-4-19(18)28-10-7-23-8-11-28;2*28-21(24-18-14-23-6-3-19(18)26-10-7-22-8-11-26)17-4-9-27(25-17)16-1-2-20-15(13-16)5-12-29-20;29-20(25-18-12-22-5-3-19(18)27-9-6-21-7-10-27)16-4-8-28(26-16)14-1-2-15-17(11-14)24-13-23-15;28-20(24-17-12-22-5-3-18(17)26-9-6-21-7-10-26)15-4-8-27(25-15)14-1-2-19-16(11-14)23-13-29-19/h2-6,9,14-15,23H,7-8,10-13H2,1H3,(H,25,30);2*1-6,9,12-14,22H,7-8,10-11H2,(H,24,28);1-5,8,11-13,21H,6-7,9-10H2,(H,23,24)(H,25,29);1-5,8,11-13,21H,6-7,9-10H2,(H,24,28). The van der Waals surface area contributed by atoms with Crippen LogP contribution in [0.15, 0.2) is 285 Å². The number of furan rings is 1. The van der Waals surface area contributed by atoms with Crippen molar-refractivity contribution in [2.75, 3.05) is 207 Å². The Morgan fingerprint density at radius 2 is 0.694 bits per heavy atom. The molecule has 6 aliphatic heterocycles. The van der Waals surface area contributed by atoms with Crippen LogP contribution in [0, 0.1) is 0 Å². The number of ether oxygens (including phenoxy) is 1. The van der Waals surface area contributed by atoms with Crippen LogP contribution in [0.1, 0.15) is 52.4 Å². The van der Waals surface area contributed by atoms with E-state index in [2.05, 4.69) is 172 Å². The molecule has 5 fully saturated rings. The van der Waals surface area contributed by atoms with E-state index < -0.39 is 0 Å². The van der Waals surface area contributed by atoms with E-state index in [1.165, 1.54) is 10.1 Å². The molecular weight excluding hydrogens is 1900 g/mol. The number of amides is 5. The number of fused-ring (bicyclic) bond motifs is 5. The van der Waals surface area contributed by atoms with E-state index in [-0.39, 0.29) is 29.5 Å². The first-order chi connectivity index (χ1) is 72.3. The molecule has 11 N–H and O–H groups in total. The Morgan fingerprint density at radius 3 is 1.11 bits per heavy atom. The SMILES string of the molecule is CN1CCOc2cc(-n3ccc(C(=O)Nc4cnccc4N4CCNCC4)n3)ccc21.O=C(Nc1cnccc1N1CCNCC1)c1ccn(-c2ccc3nc[nH]c3c2)n1.O=C(Nc1cnccc1N1CCNCC1)c1ccn(-c2ccc3occc3c2)n1.O=C(Nc1cnccc1N1CCNCC1)c1ccn(-c2ccc3sccc3c2)n1.O=C(Nc1cnccc1N1CCNCC1)c1ccn(-c2ccc3scnc3c2)n1. The first kappa shape index (κ1) is 95.7. The maximum absolute atomic E-state index is 12.9. The quantitative estimate of drug-likeness (QED) is 0.0337. The highest BCUT2D eigenvalue weighted by atomic mass is 32.1. The number of thiazole rings is 1. The van der Waals surface area contributed by atoms with E-state index in [9.17, 15) is 24.0 Å². The number of H-pyrrole nitrogens is 1. The second kappa shape index (κ2) is 45.0. The number of anilines is 11. The summed E-state index contributed by atoms with van der Waals surface area (Å²) in [6.07, 6.45) is 29.4. The number of thiophene rings is 1. The predicted molar refractivity (Wildman–Crippen MR) is 571 cm³/mol. The molecule has 14 aromatic heterocycles. The lowest BCUT2D eigenvalue weighted by atomic mass is 10.2. The van der Waals surface area contributed by atoms with Crippen LogP contribution in [0.5, 0.6) is 5.75 Å². The molecule has 0 unspecified atom stereocenters. The van der Waals surface area contributed by atoms with Crippen molar-refractivity contribution in [2.24, 2.45) is 0 Å². The Balaban J connectivity index is 0.000000108. The van der Waals surface area contributed by atoms with Gasteiger partial charge >= 0.3 is 0 Å². The zero-order chi connectivity index (χ0) is 99.7. The van der Waals surface area contributed by atoms with Gasteiger partial charge < -0.3 is 96.7 Å². The monoisotopic (exact) mass is 2000 g/mol. The van der Waals surface area contributed by atoms with Gasteiger partial charge in [-0.3, -0.25) is 48.9 Å². The molecule has 5 amide bonds. The van der Waals surface area contributed by atoms with E-state index in [0.29, 0.717) is 63.5 Å². The Kier molecular flexibility index (Phi) is 29.3. The second-order valence-electron chi connectivity index (χ2n) is 35.0. The Bertz CT molecular complexity index is 7110. The van der Waals surface area contributed by atoms with Gasteiger partial charge in [-0.25, -0.2) is 33.4 Å². The average Bonchev–Trinajstić information content (AvgIpc) is 1.74. The number of aromatic amines is 1. The minimum absolute atomic E-state index is 0.246. The van der Waals surface area contributed by atoms with Crippen LogP contribution in [-0.4, -0.2) is 269 Å². The number of piperazine rings is 5. The van der Waals surface area contributed by atoms with Gasteiger partial charge in [-0.05, 0) is 168 Å². The minimum atomic E-state index is -0.268. The van der Waals surface area contributed by atoms with E-state index >= 15 is 0 Å². The van der Waals surface area contributed by atoms with E-state index in [1.807, 2.05) is 134 Å². The van der Waals surface area contributed by atoms with Crippen LogP contribution in [0.4, 0.5) is 62.6 Å². The lowest BCUT2D eigenvalue weighted by Crippen LogP contribution is -2.43. The molecule has 5 aromatic carbocycles. The zero-order valence-corrected chi connectivity index (χ0v) is 81.7. The third-order valence-corrected chi connectivity index (χ3v) is 27.3. The molecule has 744 valence electrons. The van der Waals surface area contributed by atoms with Crippen LogP contribution in [0.3, 0.4) is 0 Å². The summed E-state index contributed by atoms with van der Waals surface area (Å²) < 4.78 is 22.0. The number of carbonyl (C=O) groups excluding carboxylic acids is 5. The van der Waals surface area contributed by atoms with E-state index in [1.54, 1.807) is 176 Å². The lowest BCUT2D eigenvalue weighted by Gasteiger charge is -2.30. The number of benzene rings is 5. The summed E-state index contributed by atoms with van der Waals surface area (Å²) in [5.41, 5.74) is 20.8. The third kappa shape index (κ3) is 22.6. The summed E-state index contributed by atoms with van der Waals surface area (Å²) in [4.78, 5) is 110. The van der Waals surface area contributed by atoms with Crippen molar-refractivity contribution in [3.63, 3.8) is 0 Å². The van der Waals surface area contributed by atoms with Crippen molar-refractivity contribution in [1.29, 1.82) is 0 Å². The van der Waals surface area contributed by atoms with Gasteiger partial charge in [-0.1, -0.05) is 0 Å². The molecule has 0 atom stereocenters. The summed E-state index contributed by atoms with van der Waals surface area (Å²) in [5.74, 6) is -0.484. The largest absolute Gasteiger partial charge is 0.489 e. The molecule has 41 nitrogen and oxygen atoms in total. The predicted octanol–water partition coefficient (Wildman–Crippen LogP) is 11.9. The van der Waals surface area contributed by atoms with Gasteiger partial charge in [0.15, 0.2) is 28.5 Å². The molecule has 0 saturated carbocycles. The van der Waals surface area contributed by atoms with Crippen molar-refractivity contribution in [2.45, 2.75) is 0 Å². The maximum Gasteiger partial charge on any atom is 0.276 e. The van der Waals surface area contributed by atoms with Crippen molar-refractivity contribution < 1.29 is 33.1 Å². The summed E-state index contributed by atoms with van der Waals surface area (Å²) in [6.45, 7) is 19.6. The molecule has 0 aliphatic carbocycles. The molecule has 0 bridgehead atoms. The number of nitrogens with one attached hydrogen (secondary N) is 11. The number of rotatable bonds is 20. The molecule has 147 heavy (non-hydrogen) atoms. The van der Waals surface area contributed by atoms with Crippen LogP contribution >= 0.6 is 22.7 Å². The fraction of sp³-hybridized carbons (Fsp3) is 0.221. The number of imidazole rings is 1. The van der Waals surface area contributed by atoms with Crippen LogP contribution in [0.2, 0.25) is 0 Å². The molecule has 20 heterocycles. The summed E-state index contributed by atoms with van der Waals surface area (Å²) >= 11 is 3.30. The molecule has 25 rings (SSSR count). The van der Waals surface area contributed by atoms with Gasteiger partial charge in [-0.15, -0.1) is 22.7 Å². The van der Waals surface area contributed by atoms with Crippen molar-refractivity contribution in [3.05, 3.63) is 309 Å². The number of aromatic nitrogens is 18. The molecule has 5 saturated heterocycles. The van der Waals surface area contributed by atoms with Gasteiger partial charge in [0, 0.05) is 216 Å². The summed E-state index contributed by atoms with van der Waals surface area (Å²) in [7, 11) is 2.05. The third-order valence-electron chi connectivity index (χ3n) is 25.6. The highest BCUT2D eigenvalue weighted by Crippen LogP contribution is 2.36. The fourth-order valence-electron chi connectivity index (χ4n) is 17.9. The average molecular weight is 2010 g/mol. The minimum Gasteiger partial charge on any atom is -0.489 e. The van der Waals surface area contributed by atoms with Crippen molar-refractivity contribution in [3.8, 4) is 34.2 Å². The highest BCUT2D eigenvalue weighted by Gasteiger charge is 2.27. The first-order valence-corrected chi connectivity index (χ1v) is 50.1. The molecular formula is C104H104N34O7S2. The molecule has 0 radical (unpaired) electrons. The smallest absolute Gasteiger partial charge is 0.276 e. The number of nitrogens with zero attached hydrogens (tertiary/aromatic N) is 23. The topological polar surface area (TPSA) is 443 Å². The van der Waals surface area contributed by atoms with Crippen LogP contribution in [-0.2, 0) is 0 Å². The van der Waals surface area contributed by atoms with Crippen molar-refractivity contribution >= 4 is 157 Å². The van der Waals surface area contributed by atoms with Crippen LogP contribution < -0.4 is 87.3 Å². The van der Waals surface area contributed by atoms with E-state index in [0.717, 1.165) is 238 Å². The van der Waals surface area contributed by atoms with Gasteiger partial charge in [0.1, 0.15) is 17.9 Å². The zero-order valence-electron chi connectivity index (χ0n) is 80.1.